The summed E-state index contributed by atoms with van der Waals surface area (Å²) in [7, 11) is 3.90. The number of benzene rings is 2. The maximum atomic E-state index is 13.0. The molecule has 1 saturated heterocycles. The highest BCUT2D eigenvalue weighted by molar-refractivity contribution is 6.42. The molecule has 8 heteroatoms. The van der Waals surface area contributed by atoms with Crippen LogP contribution in [0.2, 0.25) is 10.0 Å². The summed E-state index contributed by atoms with van der Waals surface area (Å²) in [5.41, 5.74) is 1.17. The van der Waals surface area contributed by atoms with Gasteiger partial charge in [-0.25, -0.2) is 0 Å². The largest absolute Gasteiger partial charge is 0.427 e. The van der Waals surface area contributed by atoms with Crippen molar-refractivity contribution in [3.8, 4) is 5.75 Å². The van der Waals surface area contributed by atoms with Crippen molar-refractivity contribution in [2.45, 2.75) is 56.1 Å². The lowest BCUT2D eigenvalue weighted by atomic mass is 9.55. The molecule has 4 rings (SSSR count). The number of piperidine rings is 1. The molecule has 2 aromatic carbocycles. The maximum absolute atomic E-state index is 13.0. The Hall–Kier alpha value is -2.12. The highest BCUT2D eigenvalue weighted by Gasteiger charge is 2.58. The number of amides is 1. The summed E-state index contributed by atoms with van der Waals surface area (Å²) in [4.78, 5) is 26.9. The average molecular weight is 519 g/mol. The topological polar surface area (TPSA) is 67.9 Å². The zero-order valence-corrected chi connectivity index (χ0v) is 21.9. The number of likely N-dealkylation sites (tertiary alicyclic amines) is 1. The molecule has 35 heavy (non-hydrogen) atoms. The molecule has 1 amide bonds. The smallest absolute Gasteiger partial charge is 0.308 e. The van der Waals surface area contributed by atoms with Crippen molar-refractivity contribution in [1.82, 2.24) is 10.2 Å². The second-order valence-electron chi connectivity index (χ2n) is 9.82. The molecule has 6 nitrogen and oxygen atoms in total. The summed E-state index contributed by atoms with van der Waals surface area (Å²) in [6.45, 7) is 3.11. The zero-order chi connectivity index (χ0) is 25.2. The van der Waals surface area contributed by atoms with E-state index in [1.54, 1.807) is 25.3 Å². The number of carbonyl (C=O) groups is 2. The molecule has 2 aliphatic rings. The van der Waals surface area contributed by atoms with E-state index in [9.17, 15) is 9.59 Å². The molecule has 0 spiro atoms. The molecule has 188 valence electrons. The molecule has 1 aliphatic carbocycles. The number of carbonyl (C=O) groups excluding carboxylic acids is 2. The van der Waals surface area contributed by atoms with Crippen molar-refractivity contribution in [2.75, 3.05) is 27.2 Å². The van der Waals surface area contributed by atoms with Crippen LogP contribution in [0.15, 0.2) is 42.5 Å². The van der Waals surface area contributed by atoms with Crippen molar-refractivity contribution >= 4 is 35.1 Å². The average Bonchev–Trinajstić information content (AvgIpc) is 2.81. The molecular weight excluding hydrogens is 487 g/mol. The van der Waals surface area contributed by atoms with Gasteiger partial charge in [-0.1, -0.05) is 41.4 Å². The number of methoxy groups -OCH3 is 1. The van der Waals surface area contributed by atoms with E-state index in [2.05, 4.69) is 23.3 Å². The van der Waals surface area contributed by atoms with E-state index in [4.69, 9.17) is 32.7 Å². The Bertz CT molecular complexity index is 1110. The van der Waals surface area contributed by atoms with E-state index in [1.165, 1.54) is 6.92 Å². The number of fused-ring (bicyclic) bond motifs is 1. The van der Waals surface area contributed by atoms with Gasteiger partial charge in [0.25, 0.3) is 0 Å². The van der Waals surface area contributed by atoms with E-state index in [0.717, 1.165) is 49.9 Å². The van der Waals surface area contributed by atoms with Gasteiger partial charge in [-0.05, 0) is 74.7 Å². The molecule has 1 N–H and O–H groups in total. The van der Waals surface area contributed by atoms with Crippen LogP contribution < -0.4 is 10.1 Å². The van der Waals surface area contributed by atoms with Crippen LogP contribution in [0.25, 0.3) is 0 Å². The standard InChI is InChI=1S/C27H32Cl2N2O4/c1-18(32)35-22-6-4-5-20(15-22)26-11-12-31(2)17-27(26,34-3)10-9-21(16-26)30-25(33)14-19-7-8-23(28)24(29)13-19/h4-8,13,15,21H,9-12,14,16-17H2,1-3H3,(H,30,33)/t21-,26?,27?/m1/s1. The van der Waals surface area contributed by atoms with Gasteiger partial charge in [0.05, 0.1) is 22.1 Å². The third kappa shape index (κ3) is 5.36. The van der Waals surface area contributed by atoms with Gasteiger partial charge in [0.2, 0.25) is 5.91 Å². The molecule has 0 aromatic heterocycles. The number of hydrogen-bond acceptors (Lipinski definition) is 5. The first kappa shape index (κ1) is 26.0. The molecule has 0 radical (unpaired) electrons. The van der Waals surface area contributed by atoms with Crippen LogP contribution in [-0.2, 0) is 26.2 Å². The molecule has 2 fully saturated rings. The zero-order valence-electron chi connectivity index (χ0n) is 20.4. The van der Waals surface area contributed by atoms with E-state index in [-0.39, 0.29) is 29.8 Å². The van der Waals surface area contributed by atoms with Gasteiger partial charge in [-0.15, -0.1) is 0 Å². The summed E-state index contributed by atoms with van der Waals surface area (Å²) in [5.74, 6) is 0.131. The van der Waals surface area contributed by atoms with E-state index in [1.807, 2.05) is 18.2 Å². The summed E-state index contributed by atoms with van der Waals surface area (Å²) in [6.07, 6.45) is 3.48. The number of halogens is 2. The van der Waals surface area contributed by atoms with E-state index < -0.39 is 5.60 Å². The van der Waals surface area contributed by atoms with Gasteiger partial charge in [-0.3, -0.25) is 9.59 Å². The second kappa shape index (κ2) is 10.5. The van der Waals surface area contributed by atoms with Gasteiger partial charge in [0, 0.05) is 32.0 Å². The predicted octanol–water partition coefficient (Wildman–Crippen LogP) is 4.79. The SMILES string of the molecule is COC12CC[C@@H](NC(=O)Cc3ccc(Cl)c(Cl)c3)CC1(c1cccc(OC(C)=O)c1)CCN(C)C2. The Morgan fingerprint density at radius 2 is 1.94 bits per heavy atom. The van der Waals surface area contributed by atoms with Crippen LogP contribution in [0.1, 0.15) is 43.7 Å². The van der Waals surface area contributed by atoms with Crippen LogP contribution in [0.3, 0.4) is 0 Å². The number of hydrogen-bond donors (Lipinski definition) is 1. The molecule has 3 atom stereocenters. The van der Waals surface area contributed by atoms with Gasteiger partial charge >= 0.3 is 5.97 Å². The number of likely N-dealkylation sites (N-methyl/N-ethyl adjacent to an activating group) is 1. The number of esters is 1. The van der Waals surface area contributed by atoms with Crippen LogP contribution in [0, 0.1) is 0 Å². The van der Waals surface area contributed by atoms with Gasteiger partial charge in [0.15, 0.2) is 0 Å². The monoisotopic (exact) mass is 518 g/mol. The first-order chi connectivity index (χ1) is 16.7. The predicted molar refractivity (Wildman–Crippen MR) is 137 cm³/mol. The third-order valence-electron chi connectivity index (χ3n) is 7.56. The minimum Gasteiger partial charge on any atom is -0.427 e. The number of nitrogens with zero attached hydrogens (tertiary/aromatic N) is 1. The van der Waals surface area contributed by atoms with Crippen molar-refractivity contribution in [2.24, 2.45) is 0 Å². The quantitative estimate of drug-likeness (QED) is 0.439. The van der Waals surface area contributed by atoms with Crippen LogP contribution in [0.5, 0.6) is 5.75 Å². The third-order valence-corrected chi connectivity index (χ3v) is 8.30. The lowest BCUT2D eigenvalue weighted by Gasteiger charge is -2.59. The molecule has 2 aromatic rings. The molecule has 1 heterocycles. The van der Waals surface area contributed by atoms with Crippen LogP contribution >= 0.6 is 23.2 Å². The first-order valence-corrected chi connectivity index (χ1v) is 12.7. The van der Waals surface area contributed by atoms with Gasteiger partial charge in [-0.2, -0.15) is 0 Å². The second-order valence-corrected chi connectivity index (χ2v) is 10.6. The van der Waals surface area contributed by atoms with Gasteiger partial charge < -0.3 is 19.7 Å². The maximum Gasteiger partial charge on any atom is 0.308 e. The fourth-order valence-electron chi connectivity index (χ4n) is 5.96. The highest BCUT2D eigenvalue weighted by atomic mass is 35.5. The Labute approximate surface area is 216 Å². The number of nitrogens with one attached hydrogen (secondary N) is 1. The minimum atomic E-state index is -0.403. The Balaban J connectivity index is 1.60. The highest BCUT2D eigenvalue weighted by Crippen LogP contribution is 2.53. The summed E-state index contributed by atoms with van der Waals surface area (Å²) in [6, 6.07) is 13.0. The van der Waals surface area contributed by atoms with Gasteiger partial charge in [0.1, 0.15) is 5.75 Å². The molecule has 1 aliphatic heterocycles. The lowest BCUT2D eigenvalue weighted by Crippen LogP contribution is -2.67. The normalized spacial score (nSPS) is 26.6. The minimum absolute atomic E-state index is 0.00525. The summed E-state index contributed by atoms with van der Waals surface area (Å²) < 4.78 is 11.7. The number of ether oxygens (including phenoxy) is 2. The fourth-order valence-corrected chi connectivity index (χ4v) is 6.28. The summed E-state index contributed by atoms with van der Waals surface area (Å²) >= 11 is 12.1. The molecule has 0 bridgehead atoms. The first-order valence-electron chi connectivity index (χ1n) is 11.9. The van der Waals surface area contributed by atoms with Crippen molar-refractivity contribution in [1.29, 1.82) is 0 Å². The van der Waals surface area contributed by atoms with Crippen molar-refractivity contribution < 1.29 is 19.1 Å². The fraction of sp³-hybridized carbons (Fsp3) is 0.481. The Morgan fingerprint density at radius 1 is 1.14 bits per heavy atom. The Morgan fingerprint density at radius 3 is 2.66 bits per heavy atom. The van der Waals surface area contributed by atoms with Crippen molar-refractivity contribution in [3.63, 3.8) is 0 Å². The van der Waals surface area contributed by atoms with Crippen LogP contribution in [-0.4, -0.2) is 55.7 Å². The number of rotatable bonds is 6. The Kier molecular flexibility index (Phi) is 7.77. The van der Waals surface area contributed by atoms with Crippen LogP contribution in [0.4, 0.5) is 0 Å². The molecule has 2 unspecified atom stereocenters. The summed E-state index contributed by atoms with van der Waals surface area (Å²) in [5, 5.41) is 4.17. The lowest BCUT2D eigenvalue weighted by molar-refractivity contribution is -0.147. The molecule has 1 saturated carbocycles. The molecular formula is C27H32Cl2N2O4. The van der Waals surface area contributed by atoms with E-state index in [0.29, 0.717) is 15.8 Å². The van der Waals surface area contributed by atoms with Crippen molar-refractivity contribution in [3.05, 3.63) is 63.6 Å². The van der Waals surface area contributed by atoms with E-state index >= 15 is 0 Å².